The van der Waals surface area contributed by atoms with Crippen LogP contribution in [0.5, 0.6) is 0 Å². The van der Waals surface area contributed by atoms with Gasteiger partial charge in [-0.1, -0.05) is 19.9 Å². The molecule has 0 amide bonds. The lowest BCUT2D eigenvalue weighted by Gasteiger charge is -2.15. The lowest BCUT2D eigenvalue weighted by atomic mass is 9.96. The largest absolute Gasteiger partial charge is 0.265 e. The van der Waals surface area contributed by atoms with E-state index < -0.39 is 0 Å². The minimum Gasteiger partial charge on any atom is -0.265 e. The summed E-state index contributed by atoms with van der Waals surface area (Å²) in [6.07, 6.45) is 5.15. The molecule has 82 valence electrons. The van der Waals surface area contributed by atoms with Crippen LogP contribution >= 0.6 is 0 Å². The Morgan fingerprint density at radius 2 is 2.12 bits per heavy atom. The fraction of sp³-hybridized carbons (Fsp3) is 0.429. The van der Waals surface area contributed by atoms with E-state index in [0.717, 1.165) is 5.69 Å². The van der Waals surface area contributed by atoms with Crippen LogP contribution in [-0.2, 0) is 0 Å². The molecule has 1 aromatic rings. The molecule has 3 rings (SSSR count). The maximum Gasteiger partial charge on any atom is 0.0680 e. The number of aliphatic imine (C=N–C) groups is 1. The Balaban J connectivity index is 1.95. The summed E-state index contributed by atoms with van der Waals surface area (Å²) < 4.78 is 0. The summed E-state index contributed by atoms with van der Waals surface area (Å²) in [5.74, 6) is 1.96. The zero-order chi connectivity index (χ0) is 11.1. The second-order valence-electron chi connectivity index (χ2n) is 4.96. The summed E-state index contributed by atoms with van der Waals surface area (Å²) in [4.78, 5) is 9.04. The van der Waals surface area contributed by atoms with E-state index in [1.54, 1.807) is 0 Å². The highest BCUT2D eigenvalue weighted by atomic mass is 14.8. The molecule has 0 aromatic carbocycles. The number of rotatable bonds is 2. The number of pyridine rings is 1. The Hall–Kier alpha value is -1.44. The molecule has 1 aliphatic carbocycles. The normalized spacial score (nSPS) is 27.2. The van der Waals surface area contributed by atoms with Gasteiger partial charge in [0.2, 0.25) is 0 Å². The summed E-state index contributed by atoms with van der Waals surface area (Å²) in [5.41, 5.74) is 3.81. The first-order chi connectivity index (χ1) is 7.77. The van der Waals surface area contributed by atoms with E-state index in [4.69, 9.17) is 0 Å². The summed E-state index contributed by atoms with van der Waals surface area (Å²) >= 11 is 0. The molecule has 2 heteroatoms. The van der Waals surface area contributed by atoms with Crippen LogP contribution in [-0.4, -0.2) is 10.7 Å². The van der Waals surface area contributed by atoms with Crippen molar-refractivity contribution in [3.8, 4) is 0 Å². The first kappa shape index (κ1) is 9.76. The Morgan fingerprint density at radius 1 is 1.25 bits per heavy atom. The van der Waals surface area contributed by atoms with Crippen LogP contribution in [0.2, 0.25) is 0 Å². The summed E-state index contributed by atoms with van der Waals surface area (Å²) in [6, 6.07) is 6.08. The van der Waals surface area contributed by atoms with Gasteiger partial charge < -0.3 is 0 Å². The van der Waals surface area contributed by atoms with Crippen molar-refractivity contribution in [1.82, 2.24) is 4.98 Å². The molecule has 0 radical (unpaired) electrons. The predicted molar refractivity (Wildman–Crippen MR) is 66.1 cm³/mol. The van der Waals surface area contributed by atoms with E-state index in [1.807, 2.05) is 24.5 Å². The smallest absolute Gasteiger partial charge is 0.0680 e. The molecular weight excluding hydrogens is 196 g/mol. The molecule has 16 heavy (non-hydrogen) atoms. The van der Waals surface area contributed by atoms with Gasteiger partial charge in [0.15, 0.2) is 0 Å². The minimum absolute atomic E-state index is 0.580. The fourth-order valence-electron chi connectivity index (χ4n) is 2.57. The third-order valence-corrected chi connectivity index (χ3v) is 3.47. The van der Waals surface area contributed by atoms with Crippen molar-refractivity contribution in [3.05, 3.63) is 36.3 Å². The highest BCUT2D eigenvalue weighted by Gasteiger charge is 2.46. The van der Waals surface area contributed by atoms with Gasteiger partial charge in [-0.15, -0.1) is 0 Å². The van der Waals surface area contributed by atoms with Crippen LogP contribution in [0, 0.1) is 17.8 Å². The molecular formula is C14H16N2. The number of aromatic nitrogens is 1. The van der Waals surface area contributed by atoms with E-state index >= 15 is 0 Å². The Morgan fingerprint density at radius 3 is 2.81 bits per heavy atom. The molecule has 0 saturated heterocycles. The maximum atomic E-state index is 4.62. The van der Waals surface area contributed by atoms with Crippen LogP contribution in [0.1, 0.15) is 26.0 Å². The summed E-state index contributed by atoms with van der Waals surface area (Å²) in [7, 11) is 0. The molecule has 1 fully saturated rings. The van der Waals surface area contributed by atoms with Crippen LogP contribution in [0.25, 0.3) is 5.57 Å². The summed E-state index contributed by atoms with van der Waals surface area (Å²) in [6.45, 7) is 4.46. The standard InChI is InChI=1S/C14H16N2/c1-9(2)14-11-7-10(11)12(8-16-14)13-5-3-4-6-15-13/h3-6,8-11H,7H2,1-2H3. The quantitative estimate of drug-likeness (QED) is 0.739. The molecule has 0 spiro atoms. The Kier molecular flexibility index (Phi) is 2.16. The number of allylic oxidation sites excluding steroid dienone is 1. The van der Waals surface area contributed by atoms with Crippen molar-refractivity contribution >= 4 is 11.3 Å². The maximum absolute atomic E-state index is 4.62. The van der Waals surface area contributed by atoms with Gasteiger partial charge in [0.25, 0.3) is 0 Å². The van der Waals surface area contributed by atoms with Gasteiger partial charge in [-0.2, -0.15) is 0 Å². The van der Waals surface area contributed by atoms with Crippen molar-refractivity contribution < 1.29 is 0 Å². The van der Waals surface area contributed by atoms with Gasteiger partial charge in [-0.05, 0) is 36.0 Å². The van der Waals surface area contributed by atoms with Gasteiger partial charge in [0.1, 0.15) is 0 Å². The van der Waals surface area contributed by atoms with E-state index in [-0.39, 0.29) is 0 Å². The molecule has 1 saturated carbocycles. The van der Waals surface area contributed by atoms with E-state index in [9.17, 15) is 0 Å². The monoisotopic (exact) mass is 212 g/mol. The van der Waals surface area contributed by atoms with E-state index in [0.29, 0.717) is 17.8 Å². The average molecular weight is 212 g/mol. The van der Waals surface area contributed by atoms with Gasteiger partial charge in [-0.3, -0.25) is 9.98 Å². The highest BCUT2D eigenvalue weighted by molar-refractivity contribution is 5.96. The Labute approximate surface area is 96.1 Å². The number of nitrogens with zero attached hydrogens (tertiary/aromatic N) is 2. The lowest BCUT2D eigenvalue weighted by Crippen LogP contribution is -2.14. The zero-order valence-electron chi connectivity index (χ0n) is 9.72. The van der Waals surface area contributed by atoms with E-state index in [1.165, 1.54) is 17.7 Å². The van der Waals surface area contributed by atoms with E-state index in [2.05, 4.69) is 29.9 Å². The molecule has 2 heterocycles. The van der Waals surface area contributed by atoms with Gasteiger partial charge in [0, 0.05) is 24.0 Å². The first-order valence-corrected chi connectivity index (χ1v) is 5.96. The molecule has 0 bridgehead atoms. The fourth-order valence-corrected chi connectivity index (χ4v) is 2.57. The number of hydrogen-bond donors (Lipinski definition) is 0. The van der Waals surface area contributed by atoms with Gasteiger partial charge >= 0.3 is 0 Å². The predicted octanol–water partition coefficient (Wildman–Crippen LogP) is 3.17. The van der Waals surface area contributed by atoms with Gasteiger partial charge in [-0.25, -0.2) is 0 Å². The number of fused-ring (bicyclic) bond motifs is 1. The average Bonchev–Trinajstić information content (AvgIpc) is 3.08. The Bertz CT molecular complexity index is 457. The van der Waals surface area contributed by atoms with Crippen LogP contribution in [0.15, 0.2) is 35.6 Å². The van der Waals surface area contributed by atoms with Crippen molar-refractivity contribution in [2.45, 2.75) is 20.3 Å². The second kappa shape index (κ2) is 3.55. The van der Waals surface area contributed by atoms with Crippen molar-refractivity contribution in [3.63, 3.8) is 0 Å². The van der Waals surface area contributed by atoms with Gasteiger partial charge in [0.05, 0.1) is 5.69 Å². The molecule has 2 nitrogen and oxygen atoms in total. The molecule has 2 aliphatic rings. The zero-order valence-corrected chi connectivity index (χ0v) is 9.72. The van der Waals surface area contributed by atoms with Crippen LogP contribution in [0.3, 0.4) is 0 Å². The van der Waals surface area contributed by atoms with Crippen LogP contribution in [0.4, 0.5) is 0 Å². The highest BCUT2D eigenvalue weighted by Crippen LogP contribution is 2.51. The molecule has 1 aromatic heterocycles. The SMILES string of the molecule is CC(C)C1=NC=C(c2ccccn2)C2CC12. The molecule has 2 atom stereocenters. The molecule has 2 unspecified atom stereocenters. The summed E-state index contributed by atoms with van der Waals surface area (Å²) in [5, 5.41) is 0. The van der Waals surface area contributed by atoms with Crippen molar-refractivity contribution in [2.24, 2.45) is 22.7 Å². The topological polar surface area (TPSA) is 25.2 Å². The molecule has 1 aliphatic heterocycles. The molecule has 0 N–H and O–H groups in total. The van der Waals surface area contributed by atoms with Crippen molar-refractivity contribution in [2.75, 3.05) is 0 Å². The number of hydrogen-bond acceptors (Lipinski definition) is 2. The van der Waals surface area contributed by atoms with Crippen molar-refractivity contribution in [1.29, 1.82) is 0 Å². The van der Waals surface area contributed by atoms with Crippen LogP contribution < -0.4 is 0 Å². The minimum atomic E-state index is 0.580. The third-order valence-electron chi connectivity index (χ3n) is 3.47. The lowest BCUT2D eigenvalue weighted by molar-refractivity contribution is 0.822. The third kappa shape index (κ3) is 1.49. The second-order valence-corrected chi connectivity index (χ2v) is 4.96. The first-order valence-electron chi connectivity index (χ1n) is 5.96.